The number of aliphatic hydroxyl groups excluding tert-OH is 1. The third-order valence-corrected chi connectivity index (χ3v) is 6.66. The van der Waals surface area contributed by atoms with Gasteiger partial charge in [-0.25, -0.2) is 13.1 Å². The SMILES string of the molecule is O=S(=O)(NCC(O)c1cccs1)c1ccc(Br)s1. The zero-order valence-electron chi connectivity index (χ0n) is 9.04. The van der Waals surface area contributed by atoms with Crippen molar-refractivity contribution in [3.63, 3.8) is 0 Å². The van der Waals surface area contributed by atoms with Gasteiger partial charge in [-0.05, 0) is 39.5 Å². The maximum atomic E-state index is 11.9. The fraction of sp³-hybridized carbons (Fsp3) is 0.200. The van der Waals surface area contributed by atoms with Crippen LogP contribution in [-0.4, -0.2) is 20.1 Å². The molecule has 0 saturated heterocycles. The van der Waals surface area contributed by atoms with Crippen molar-refractivity contribution in [3.8, 4) is 0 Å². The van der Waals surface area contributed by atoms with Crippen molar-refractivity contribution in [2.75, 3.05) is 6.54 Å². The van der Waals surface area contributed by atoms with E-state index in [4.69, 9.17) is 0 Å². The second-order valence-corrected chi connectivity index (χ2v) is 8.88. The van der Waals surface area contributed by atoms with E-state index < -0.39 is 16.1 Å². The quantitative estimate of drug-likeness (QED) is 0.853. The van der Waals surface area contributed by atoms with E-state index in [2.05, 4.69) is 20.7 Å². The number of halogens is 1. The molecule has 4 nitrogen and oxygen atoms in total. The molecule has 0 amide bonds. The summed E-state index contributed by atoms with van der Waals surface area (Å²) in [5.74, 6) is 0. The van der Waals surface area contributed by atoms with Crippen molar-refractivity contribution < 1.29 is 13.5 Å². The topological polar surface area (TPSA) is 66.4 Å². The van der Waals surface area contributed by atoms with E-state index in [1.807, 2.05) is 11.4 Å². The minimum Gasteiger partial charge on any atom is -0.386 e. The molecule has 0 bridgehead atoms. The van der Waals surface area contributed by atoms with Gasteiger partial charge in [0.1, 0.15) is 10.3 Å². The number of nitrogens with one attached hydrogen (secondary N) is 1. The first-order chi connectivity index (χ1) is 8.49. The van der Waals surface area contributed by atoms with Crippen LogP contribution in [0.4, 0.5) is 0 Å². The highest BCUT2D eigenvalue weighted by Crippen LogP contribution is 2.26. The third kappa shape index (κ3) is 3.40. The van der Waals surface area contributed by atoms with E-state index in [9.17, 15) is 13.5 Å². The van der Waals surface area contributed by atoms with Gasteiger partial charge in [-0.15, -0.1) is 22.7 Å². The Morgan fingerprint density at radius 2 is 2.17 bits per heavy atom. The minimum atomic E-state index is -3.54. The maximum Gasteiger partial charge on any atom is 0.250 e. The van der Waals surface area contributed by atoms with Gasteiger partial charge in [0.05, 0.1) is 3.79 Å². The Bertz CT molecular complexity index is 606. The highest BCUT2D eigenvalue weighted by atomic mass is 79.9. The summed E-state index contributed by atoms with van der Waals surface area (Å²) < 4.78 is 27.2. The number of hydrogen-bond acceptors (Lipinski definition) is 5. The molecule has 2 heterocycles. The Balaban J connectivity index is 2.02. The summed E-state index contributed by atoms with van der Waals surface area (Å²) in [6, 6.07) is 6.78. The predicted molar refractivity (Wildman–Crippen MR) is 76.5 cm³/mol. The third-order valence-electron chi connectivity index (χ3n) is 2.15. The molecular weight excluding hydrogens is 358 g/mol. The van der Waals surface area contributed by atoms with Crippen LogP contribution in [0.5, 0.6) is 0 Å². The van der Waals surface area contributed by atoms with Gasteiger partial charge >= 0.3 is 0 Å². The summed E-state index contributed by atoms with van der Waals surface area (Å²) in [6.07, 6.45) is -0.817. The maximum absolute atomic E-state index is 11.9. The van der Waals surface area contributed by atoms with Crippen molar-refractivity contribution in [2.45, 2.75) is 10.3 Å². The van der Waals surface area contributed by atoms with E-state index in [0.29, 0.717) is 0 Å². The van der Waals surface area contributed by atoms with Gasteiger partial charge in [0, 0.05) is 11.4 Å². The summed E-state index contributed by atoms with van der Waals surface area (Å²) >= 11 is 5.74. The first-order valence-corrected chi connectivity index (χ1v) is 8.93. The Hall–Kier alpha value is -0.250. The molecule has 0 spiro atoms. The smallest absolute Gasteiger partial charge is 0.250 e. The Morgan fingerprint density at radius 1 is 1.39 bits per heavy atom. The van der Waals surface area contributed by atoms with Crippen LogP contribution in [0.15, 0.2) is 37.6 Å². The van der Waals surface area contributed by atoms with Gasteiger partial charge in [-0.3, -0.25) is 0 Å². The molecule has 18 heavy (non-hydrogen) atoms. The molecule has 0 saturated carbocycles. The van der Waals surface area contributed by atoms with E-state index in [1.165, 1.54) is 17.4 Å². The Labute approximate surface area is 121 Å². The number of hydrogen-bond donors (Lipinski definition) is 2. The lowest BCUT2D eigenvalue weighted by molar-refractivity contribution is 0.186. The fourth-order valence-electron chi connectivity index (χ4n) is 1.28. The van der Waals surface area contributed by atoms with Gasteiger partial charge in [-0.2, -0.15) is 0 Å². The largest absolute Gasteiger partial charge is 0.386 e. The average Bonchev–Trinajstić information content (AvgIpc) is 2.96. The van der Waals surface area contributed by atoms with Crippen molar-refractivity contribution in [1.82, 2.24) is 4.72 Å². The Morgan fingerprint density at radius 3 is 2.72 bits per heavy atom. The lowest BCUT2D eigenvalue weighted by Gasteiger charge is -2.09. The molecule has 2 rings (SSSR count). The van der Waals surface area contributed by atoms with Crippen LogP contribution in [0.1, 0.15) is 11.0 Å². The average molecular weight is 368 g/mol. The normalized spacial score (nSPS) is 13.7. The van der Waals surface area contributed by atoms with E-state index in [-0.39, 0.29) is 10.8 Å². The molecule has 0 fully saturated rings. The highest BCUT2D eigenvalue weighted by molar-refractivity contribution is 9.11. The first-order valence-electron chi connectivity index (χ1n) is 4.95. The molecule has 8 heteroatoms. The van der Waals surface area contributed by atoms with Crippen molar-refractivity contribution in [2.24, 2.45) is 0 Å². The van der Waals surface area contributed by atoms with Crippen molar-refractivity contribution >= 4 is 48.6 Å². The van der Waals surface area contributed by atoms with Crippen LogP contribution in [0, 0.1) is 0 Å². The molecule has 0 aliphatic heterocycles. The summed E-state index contributed by atoms with van der Waals surface area (Å²) in [6.45, 7) is -0.0294. The molecule has 0 aliphatic rings. The van der Waals surface area contributed by atoms with Gasteiger partial charge in [0.15, 0.2) is 0 Å². The zero-order valence-corrected chi connectivity index (χ0v) is 13.1. The summed E-state index contributed by atoms with van der Waals surface area (Å²) in [5.41, 5.74) is 0. The fourth-order valence-corrected chi connectivity index (χ4v) is 5.09. The van der Waals surface area contributed by atoms with Crippen LogP contribution < -0.4 is 4.72 Å². The highest BCUT2D eigenvalue weighted by Gasteiger charge is 2.18. The monoisotopic (exact) mass is 367 g/mol. The van der Waals surface area contributed by atoms with Crippen molar-refractivity contribution in [3.05, 3.63) is 38.3 Å². The van der Waals surface area contributed by atoms with Gasteiger partial charge < -0.3 is 5.11 Å². The van der Waals surface area contributed by atoms with Crippen LogP contribution >= 0.6 is 38.6 Å². The van der Waals surface area contributed by atoms with Gasteiger partial charge in [0.25, 0.3) is 0 Å². The standard InChI is InChI=1S/C10H10BrNO3S3/c11-9-3-4-10(17-9)18(14,15)12-6-7(13)8-2-1-5-16-8/h1-5,7,12-13H,6H2. The second kappa shape index (κ2) is 5.81. The zero-order chi connectivity index (χ0) is 13.2. The number of aliphatic hydroxyl groups is 1. The summed E-state index contributed by atoms with van der Waals surface area (Å²) in [7, 11) is -3.54. The molecule has 2 aromatic rings. The van der Waals surface area contributed by atoms with Gasteiger partial charge in [0.2, 0.25) is 10.0 Å². The van der Waals surface area contributed by atoms with Crippen LogP contribution in [0.3, 0.4) is 0 Å². The molecule has 1 atom stereocenters. The number of thiophene rings is 2. The number of sulfonamides is 1. The molecule has 2 N–H and O–H groups in total. The molecule has 98 valence electrons. The first kappa shape index (κ1) is 14.2. The summed E-state index contributed by atoms with van der Waals surface area (Å²) in [4.78, 5) is 0.741. The number of rotatable bonds is 5. The molecule has 2 aromatic heterocycles. The summed E-state index contributed by atoms with van der Waals surface area (Å²) in [5, 5.41) is 11.6. The van der Waals surface area contributed by atoms with Crippen molar-refractivity contribution in [1.29, 1.82) is 0 Å². The van der Waals surface area contributed by atoms with Crippen LogP contribution in [0.2, 0.25) is 0 Å². The second-order valence-electron chi connectivity index (χ2n) is 3.44. The molecule has 0 radical (unpaired) electrons. The predicted octanol–water partition coefficient (Wildman–Crippen LogP) is 2.58. The van der Waals surface area contributed by atoms with Gasteiger partial charge in [-0.1, -0.05) is 6.07 Å². The van der Waals surface area contributed by atoms with Crippen LogP contribution in [0.25, 0.3) is 0 Å². The van der Waals surface area contributed by atoms with Crippen LogP contribution in [-0.2, 0) is 10.0 Å². The van der Waals surface area contributed by atoms with E-state index in [0.717, 1.165) is 20.0 Å². The van der Waals surface area contributed by atoms with E-state index in [1.54, 1.807) is 12.1 Å². The van der Waals surface area contributed by atoms with E-state index >= 15 is 0 Å². The molecule has 0 aliphatic carbocycles. The Kier molecular flexibility index (Phi) is 4.57. The molecule has 0 aromatic carbocycles. The molecular formula is C10H10BrNO3S3. The lowest BCUT2D eigenvalue weighted by Crippen LogP contribution is -2.27. The minimum absolute atomic E-state index is 0.0294. The lowest BCUT2D eigenvalue weighted by atomic mass is 10.3. The molecule has 1 unspecified atom stereocenters.